The van der Waals surface area contributed by atoms with Crippen LogP contribution in [-0.2, 0) is 6.42 Å². The highest BCUT2D eigenvalue weighted by atomic mass is 35.5. The second kappa shape index (κ2) is 5.00. The molecule has 0 amide bonds. The van der Waals surface area contributed by atoms with E-state index in [1.807, 2.05) is 24.3 Å². The number of aryl methyl sites for hydroxylation is 1. The first-order valence-corrected chi connectivity index (χ1v) is 5.70. The van der Waals surface area contributed by atoms with Gasteiger partial charge in [-0.2, -0.15) is 0 Å². The van der Waals surface area contributed by atoms with Crippen LogP contribution in [0.2, 0.25) is 5.02 Å². The van der Waals surface area contributed by atoms with Crippen molar-refractivity contribution in [3.05, 3.63) is 34.9 Å². The van der Waals surface area contributed by atoms with Crippen molar-refractivity contribution >= 4 is 11.6 Å². The summed E-state index contributed by atoms with van der Waals surface area (Å²) >= 11 is 5.80. The molecule has 1 nitrogen and oxygen atoms in total. The fourth-order valence-corrected chi connectivity index (χ4v) is 1.51. The maximum atomic E-state index is 9.88. The van der Waals surface area contributed by atoms with E-state index in [-0.39, 0.29) is 11.5 Å². The van der Waals surface area contributed by atoms with Gasteiger partial charge in [0.15, 0.2) is 0 Å². The van der Waals surface area contributed by atoms with Gasteiger partial charge in [0.25, 0.3) is 0 Å². The van der Waals surface area contributed by atoms with E-state index >= 15 is 0 Å². The fraction of sp³-hybridized carbons (Fsp3) is 0.538. The third-order valence-electron chi connectivity index (χ3n) is 2.62. The molecule has 0 aromatic heterocycles. The Morgan fingerprint density at radius 1 is 1.20 bits per heavy atom. The molecule has 0 bridgehead atoms. The zero-order valence-electron chi connectivity index (χ0n) is 9.63. The van der Waals surface area contributed by atoms with Crippen LogP contribution in [0.15, 0.2) is 24.3 Å². The summed E-state index contributed by atoms with van der Waals surface area (Å²) in [5.41, 5.74) is 1.19. The highest BCUT2D eigenvalue weighted by molar-refractivity contribution is 6.30. The average Bonchev–Trinajstić information content (AvgIpc) is 2.15. The van der Waals surface area contributed by atoms with Crippen LogP contribution in [0, 0.1) is 5.41 Å². The standard InChI is InChI=1S/C13H19ClO/c1-13(2,3)12(15)9-6-10-4-7-11(14)8-5-10/h4-5,7-8,12,15H,6,9H2,1-3H3. The Morgan fingerprint density at radius 3 is 2.20 bits per heavy atom. The van der Waals surface area contributed by atoms with Gasteiger partial charge in [0.05, 0.1) is 6.10 Å². The molecule has 0 fully saturated rings. The molecule has 1 aromatic carbocycles. The Hall–Kier alpha value is -0.530. The summed E-state index contributed by atoms with van der Waals surface area (Å²) in [5.74, 6) is 0. The van der Waals surface area contributed by atoms with E-state index < -0.39 is 0 Å². The zero-order chi connectivity index (χ0) is 11.5. The molecular weight excluding hydrogens is 208 g/mol. The summed E-state index contributed by atoms with van der Waals surface area (Å²) in [4.78, 5) is 0. The van der Waals surface area contributed by atoms with Gasteiger partial charge < -0.3 is 5.11 Å². The van der Waals surface area contributed by atoms with Crippen LogP contribution < -0.4 is 0 Å². The normalized spacial score (nSPS) is 13.9. The van der Waals surface area contributed by atoms with Gasteiger partial charge in [0.2, 0.25) is 0 Å². The first-order valence-electron chi connectivity index (χ1n) is 5.32. The third kappa shape index (κ3) is 4.23. The van der Waals surface area contributed by atoms with E-state index in [2.05, 4.69) is 20.8 Å². The molecule has 0 heterocycles. The SMILES string of the molecule is CC(C)(C)C(O)CCc1ccc(Cl)cc1. The first-order chi connectivity index (χ1) is 6.89. The van der Waals surface area contributed by atoms with E-state index in [1.54, 1.807) is 0 Å². The molecule has 0 saturated heterocycles. The van der Waals surface area contributed by atoms with Crippen molar-refractivity contribution < 1.29 is 5.11 Å². The van der Waals surface area contributed by atoms with Crippen LogP contribution in [0.5, 0.6) is 0 Å². The van der Waals surface area contributed by atoms with Crippen LogP contribution in [0.3, 0.4) is 0 Å². The van der Waals surface area contributed by atoms with Gasteiger partial charge in [0.1, 0.15) is 0 Å². The lowest BCUT2D eigenvalue weighted by molar-refractivity contribution is 0.0560. The molecule has 0 aliphatic carbocycles. The molecule has 0 aliphatic rings. The largest absolute Gasteiger partial charge is 0.393 e. The van der Waals surface area contributed by atoms with Crippen molar-refractivity contribution in [1.29, 1.82) is 0 Å². The molecule has 2 heteroatoms. The van der Waals surface area contributed by atoms with Crippen molar-refractivity contribution in [2.24, 2.45) is 5.41 Å². The minimum Gasteiger partial charge on any atom is -0.393 e. The van der Waals surface area contributed by atoms with Crippen LogP contribution in [0.4, 0.5) is 0 Å². The number of rotatable bonds is 3. The molecule has 1 aromatic rings. The lowest BCUT2D eigenvalue weighted by atomic mass is 9.86. The lowest BCUT2D eigenvalue weighted by Gasteiger charge is -2.25. The first kappa shape index (κ1) is 12.5. The molecule has 84 valence electrons. The molecule has 0 radical (unpaired) electrons. The lowest BCUT2D eigenvalue weighted by Crippen LogP contribution is -2.26. The zero-order valence-corrected chi connectivity index (χ0v) is 10.4. The predicted octanol–water partition coefficient (Wildman–Crippen LogP) is 3.68. The topological polar surface area (TPSA) is 20.2 Å². The maximum absolute atomic E-state index is 9.88. The number of halogens is 1. The van der Waals surface area contributed by atoms with E-state index in [4.69, 9.17) is 11.6 Å². The molecular formula is C13H19ClO. The van der Waals surface area contributed by atoms with E-state index in [1.165, 1.54) is 5.56 Å². The van der Waals surface area contributed by atoms with Gasteiger partial charge in [-0.05, 0) is 36.0 Å². The van der Waals surface area contributed by atoms with E-state index in [0.717, 1.165) is 17.9 Å². The third-order valence-corrected chi connectivity index (χ3v) is 2.87. The molecule has 0 spiro atoms. The smallest absolute Gasteiger partial charge is 0.0591 e. The Labute approximate surface area is 97.1 Å². The van der Waals surface area contributed by atoms with Gasteiger partial charge in [-0.25, -0.2) is 0 Å². The molecule has 0 saturated carbocycles. The molecule has 0 aliphatic heterocycles. The van der Waals surface area contributed by atoms with Gasteiger partial charge in [-0.1, -0.05) is 44.5 Å². The Balaban J connectivity index is 2.47. The number of hydrogen-bond donors (Lipinski definition) is 1. The molecule has 1 rings (SSSR count). The van der Waals surface area contributed by atoms with Gasteiger partial charge in [-0.15, -0.1) is 0 Å². The molecule has 1 atom stereocenters. The Kier molecular flexibility index (Phi) is 4.18. The number of aliphatic hydroxyl groups is 1. The van der Waals surface area contributed by atoms with Crippen LogP contribution in [0.25, 0.3) is 0 Å². The Morgan fingerprint density at radius 2 is 1.73 bits per heavy atom. The van der Waals surface area contributed by atoms with Gasteiger partial charge >= 0.3 is 0 Å². The van der Waals surface area contributed by atoms with Crippen LogP contribution in [-0.4, -0.2) is 11.2 Å². The quantitative estimate of drug-likeness (QED) is 0.834. The summed E-state index contributed by atoms with van der Waals surface area (Å²) in [6.45, 7) is 6.17. The second-order valence-corrected chi connectivity index (χ2v) is 5.48. The summed E-state index contributed by atoms with van der Waals surface area (Å²) < 4.78 is 0. The summed E-state index contributed by atoms with van der Waals surface area (Å²) in [7, 11) is 0. The highest BCUT2D eigenvalue weighted by Gasteiger charge is 2.21. The minimum absolute atomic E-state index is 0.0353. The van der Waals surface area contributed by atoms with Gasteiger partial charge in [0, 0.05) is 5.02 Å². The van der Waals surface area contributed by atoms with Crippen molar-refractivity contribution in [3.8, 4) is 0 Å². The van der Waals surface area contributed by atoms with Crippen molar-refractivity contribution in [2.45, 2.75) is 39.7 Å². The summed E-state index contributed by atoms with van der Waals surface area (Å²) in [6, 6.07) is 7.80. The average molecular weight is 227 g/mol. The number of benzene rings is 1. The van der Waals surface area contributed by atoms with Crippen molar-refractivity contribution in [1.82, 2.24) is 0 Å². The summed E-state index contributed by atoms with van der Waals surface area (Å²) in [6.07, 6.45) is 1.44. The Bertz CT molecular complexity index is 297. The molecule has 1 N–H and O–H groups in total. The van der Waals surface area contributed by atoms with Crippen LogP contribution in [0.1, 0.15) is 32.8 Å². The second-order valence-electron chi connectivity index (χ2n) is 5.05. The van der Waals surface area contributed by atoms with E-state index in [9.17, 15) is 5.11 Å². The van der Waals surface area contributed by atoms with Crippen LogP contribution >= 0.6 is 11.6 Å². The number of aliphatic hydroxyl groups excluding tert-OH is 1. The van der Waals surface area contributed by atoms with Crippen molar-refractivity contribution in [3.63, 3.8) is 0 Å². The number of hydrogen-bond acceptors (Lipinski definition) is 1. The monoisotopic (exact) mass is 226 g/mol. The highest BCUT2D eigenvalue weighted by Crippen LogP contribution is 2.23. The summed E-state index contributed by atoms with van der Waals surface area (Å²) in [5, 5.41) is 10.6. The predicted molar refractivity (Wildman–Crippen MR) is 65.2 cm³/mol. The van der Waals surface area contributed by atoms with Crippen molar-refractivity contribution in [2.75, 3.05) is 0 Å². The van der Waals surface area contributed by atoms with E-state index in [0.29, 0.717) is 0 Å². The fourth-order valence-electron chi connectivity index (χ4n) is 1.39. The maximum Gasteiger partial charge on any atom is 0.0591 e. The molecule has 1 unspecified atom stereocenters. The molecule has 15 heavy (non-hydrogen) atoms. The van der Waals surface area contributed by atoms with Gasteiger partial charge in [-0.3, -0.25) is 0 Å². The minimum atomic E-state index is -0.256.